The number of nitrogens with two attached hydrogens (primary N) is 1. The van der Waals surface area contributed by atoms with Crippen molar-refractivity contribution < 1.29 is 14.0 Å². The largest absolute Gasteiger partial charge is 0.370 e. The summed E-state index contributed by atoms with van der Waals surface area (Å²) in [5, 5.41) is 3.36. The summed E-state index contributed by atoms with van der Waals surface area (Å²) in [5.41, 5.74) is 6.03. The first-order valence-electron chi connectivity index (χ1n) is 8.18. The van der Waals surface area contributed by atoms with E-state index in [9.17, 15) is 14.0 Å². The van der Waals surface area contributed by atoms with Gasteiger partial charge in [0.2, 0.25) is 5.91 Å². The highest BCUT2D eigenvalue weighted by Crippen LogP contribution is 2.24. The molecule has 5 nitrogen and oxygen atoms in total. The first-order valence-corrected chi connectivity index (χ1v) is 8.56. The minimum atomic E-state index is -0.492. The quantitative estimate of drug-likeness (QED) is 0.622. The Hall–Kier alpha value is -3.12. The lowest BCUT2D eigenvalue weighted by molar-refractivity contribution is -0.117. The van der Waals surface area contributed by atoms with E-state index in [1.165, 1.54) is 6.07 Å². The highest BCUT2D eigenvalue weighted by molar-refractivity contribution is 6.30. The van der Waals surface area contributed by atoms with Crippen LogP contribution in [0.1, 0.15) is 16.8 Å². The molecule has 140 valence electrons. The minimum absolute atomic E-state index is 0.0607. The molecule has 0 spiro atoms. The molecule has 2 amide bonds. The van der Waals surface area contributed by atoms with Gasteiger partial charge in [-0.05, 0) is 30.3 Å². The normalized spacial score (nSPS) is 9.85. The van der Waals surface area contributed by atoms with Crippen molar-refractivity contribution >= 4 is 23.4 Å². The van der Waals surface area contributed by atoms with E-state index < -0.39 is 11.7 Å². The van der Waals surface area contributed by atoms with Crippen LogP contribution in [0.2, 0.25) is 5.02 Å². The average molecular weight is 388 g/mol. The van der Waals surface area contributed by atoms with E-state index in [1.807, 2.05) is 30.3 Å². The van der Waals surface area contributed by atoms with Gasteiger partial charge in [-0.3, -0.25) is 9.59 Å². The van der Waals surface area contributed by atoms with Crippen LogP contribution in [0.4, 0.5) is 4.39 Å². The zero-order chi connectivity index (χ0) is 19.6. The van der Waals surface area contributed by atoms with Gasteiger partial charge in [0, 0.05) is 29.7 Å². The first kappa shape index (κ1) is 20.2. The van der Waals surface area contributed by atoms with Crippen molar-refractivity contribution in [3.8, 4) is 11.3 Å². The van der Waals surface area contributed by atoms with E-state index >= 15 is 0 Å². The van der Waals surface area contributed by atoms with Crippen LogP contribution in [0, 0.1) is 5.82 Å². The predicted molar refractivity (Wildman–Crippen MR) is 104 cm³/mol. The molecule has 27 heavy (non-hydrogen) atoms. The van der Waals surface area contributed by atoms with E-state index in [0.717, 1.165) is 5.02 Å². The molecule has 0 saturated carbocycles. The van der Waals surface area contributed by atoms with Gasteiger partial charge in [-0.15, -0.1) is 0 Å². The molecule has 0 aliphatic rings. The van der Waals surface area contributed by atoms with Crippen LogP contribution in [-0.2, 0) is 4.79 Å². The molecule has 0 atom stereocenters. The number of carbonyl (C=O) groups is 2. The number of carbonyl (C=O) groups excluding carboxylic acids is 2. The Morgan fingerprint density at radius 2 is 1.70 bits per heavy atom. The van der Waals surface area contributed by atoms with E-state index in [-0.39, 0.29) is 18.9 Å². The smallest absolute Gasteiger partial charge is 0.253 e. The summed E-state index contributed by atoms with van der Waals surface area (Å²) in [5.74, 6) is -1.29. The van der Waals surface area contributed by atoms with Crippen molar-refractivity contribution in [1.82, 2.24) is 10.3 Å². The average Bonchev–Trinajstić information content (AvgIpc) is 3.12. The molecule has 0 fully saturated rings. The lowest BCUT2D eigenvalue weighted by atomic mass is 10.1. The molecule has 0 radical (unpaired) electrons. The second-order valence-electron chi connectivity index (χ2n) is 5.51. The predicted octanol–water partition coefficient (Wildman–Crippen LogP) is 3.77. The molecular weight excluding hydrogens is 369 g/mol. The number of aromatic nitrogens is 1. The Bertz CT molecular complexity index is 897. The molecule has 3 rings (SSSR count). The van der Waals surface area contributed by atoms with Crippen molar-refractivity contribution in [1.29, 1.82) is 0 Å². The highest BCUT2D eigenvalue weighted by atomic mass is 35.5. The van der Waals surface area contributed by atoms with Gasteiger partial charge in [0.1, 0.15) is 5.82 Å². The van der Waals surface area contributed by atoms with Crippen LogP contribution in [-0.4, -0.2) is 23.3 Å². The van der Waals surface area contributed by atoms with E-state index in [2.05, 4.69) is 10.3 Å². The number of nitrogens with one attached hydrogen (secondary N) is 2. The monoisotopic (exact) mass is 387 g/mol. The van der Waals surface area contributed by atoms with Gasteiger partial charge in [-0.2, -0.15) is 0 Å². The standard InChI is InChI=1S/C14H14FN3O2.C6H5Cl/c15-11-4-2-1-3-9(11)13-10(5-7-17-13)14(20)18-8-6-12(16)19;7-6-4-2-1-3-5-6/h1-5,7,17H,6,8H2,(H2,16,19)(H,18,20);1-5H. The molecule has 0 saturated heterocycles. The van der Waals surface area contributed by atoms with E-state index in [4.69, 9.17) is 17.3 Å². The maximum Gasteiger partial charge on any atom is 0.253 e. The molecule has 1 aromatic heterocycles. The number of H-pyrrole nitrogens is 1. The number of primary amides is 1. The van der Waals surface area contributed by atoms with Gasteiger partial charge in [0.15, 0.2) is 0 Å². The first-order chi connectivity index (χ1) is 13.0. The number of aromatic amines is 1. The molecule has 0 aliphatic heterocycles. The molecule has 0 aliphatic carbocycles. The maximum atomic E-state index is 13.7. The third kappa shape index (κ3) is 6.27. The Kier molecular flexibility index (Phi) is 7.58. The molecule has 4 N–H and O–H groups in total. The molecule has 7 heteroatoms. The summed E-state index contributed by atoms with van der Waals surface area (Å²) in [4.78, 5) is 25.5. The fourth-order valence-electron chi connectivity index (χ4n) is 2.25. The molecule has 0 bridgehead atoms. The van der Waals surface area contributed by atoms with Crippen molar-refractivity contribution in [2.24, 2.45) is 5.73 Å². The molecule has 1 heterocycles. The zero-order valence-electron chi connectivity index (χ0n) is 14.4. The maximum absolute atomic E-state index is 13.7. The van der Waals surface area contributed by atoms with E-state index in [1.54, 1.807) is 30.5 Å². The van der Waals surface area contributed by atoms with Gasteiger partial charge in [0.05, 0.1) is 11.3 Å². The Morgan fingerprint density at radius 1 is 1.04 bits per heavy atom. The second-order valence-corrected chi connectivity index (χ2v) is 5.95. The van der Waals surface area contributed by atoms with Crippen molar-refractivity contribution in [2.45, 2.75) is 6.42 Å². The Labute approximate surface area is 161 Å². The summed E-state index contributed by atoms with van der Waals surface area (Å²) in [6, 6.07) is 17.2. The van der Waals surface area contributed by atoms with Crippen LogP contribution in [0.15, 0.2) is 66.9 Å². The Balaban J connectivity index is 0.000000313. The summed E-state index contributed by atoms with van der Waals surface area (Å²) in [6.07, 6.45) is 1.62. The summed E-state index contributed by atoms with van der Waals surface area (Å²) >= 11 is 5.54. The molecule has 3 aromatic rings. The third-order valence-corrected chi connectivity index (χ3v) is 3.78. The number of hydrogen-bond acceptors (Lipinski definition) is 2. The second kappa shape index (κ2) is 10.1. The molecule has 0 unspecified atom stereocenters. The number of hydrogen-bond donors (Lipinski definition) is 3. The van der Waals surface area contributed by atoms with Gasteiger partial charge >= 0.3 is 0 Å². The van der Waals surface area contributed by atoms with Crippen LogP contribution in [0.5, 0.6) is 0 Å². The van der Waals surface area contributed by atoms with Crippen molar-refractivity contribution in [3.63, 3.8) is 0 Å². The van der Waals surface area contributed by atoms with Crippen molar-refractivity contribution in [2.75, 3.05) is 6.54 Å². The lowest BCUT2D eigenvalue weighted by Crippen LogP contribution is -2.28. The SMILES string of the molecule is Clc1ccccc1.NC(=O)CCNC(=O)c1cc[nH]c1-c1ccccc1F. The van der Waals surface area contributed by atoms with Gasteiger partial charge in [-0.1, -0.05) is 41.9 Å². The van der Waals surface area contributed by atoms with Crippen LogP contribution in [0.3, 0.4) is 0 Å². The number of amides is 2. The van der Waals surface area contributed by atoms with Gasteiger partial charge in [0.25, 0.3) is 5.91 Å². The van der Waals surface area contributed by atoms with Gasteiger partial charge in [-0.25, -0.2) is 4.39 Å². The number of rotatable bonds is 5. The molecule has 2 aromatic carbocycles. The summed E-state index contributed by atoms with van der Waals surface area (Å²) in [7, 11) is 0. The number of halogens is 2. The fourth-order valence-corrected chi connectivity index (χ4v) is 2.40. The topological polar surface area (TPSA) is 88.0 Å². The highest BCUT2D eigenvalue weighted by Gasteiger charge is 2.16. The van der Waals surface area contributed by atoms with Crippen LogP contribution in [0.25, 0.3) is 11.3 Å². The van der Waals surface area contributed by atoms with E-state index in [0.29, 0.717) is 16.8 Å². The van der Waals surface area contributed by atoms with Crippen LogP contribution >= 0.6 is 11.6 Å². The Morgan fingerprint density at radius 3 is 2.30 bits per heavy atom. The van der Waals surface area contributed by atoms with Crippen LogP contribution < -0.4 is 11.1 Å². The minimum Gasteiger partial charge on any atom is -0.370 e. The summed E-state index contributed by atoms with van der Waals surface area (Å²) in [6.45, 7) is 0.149. The number of benzene rings is 2. The fraction of sp³-hybridized carbons (Fsp3) is 0.100. The van der Waals surface area contributed by atoms with Gasteiger partial charge < -0.3 is 16.0 Å². The van der Waals surface area contributed by atoms with Crippen molar-refractivity contribution in [3.05, 3.63) is 83.3 Å². The summed E-state index contributed by atoms with van der Waals surface area (Å²) < 4.78 is 13.7. The lowest BCUT2D eigenvalue weighted by Gasteiger charge is -2.06. The molecular formula is C20H19ClFN3O2. The zero-order valence-corrected chi connectivity index (χ0v) is 15.2. The third-order valence-electron chi connectivity index (χ3n) is 3.52.